The zero-order chi connectivity index (χ0) is 22.6. The molecule has 33 heavy (non-hydrogen) atoms. The monoisotopic (exact) mass is 450 g/mol. The van der Waals surface area contributed by atoms with E-state index >= 15 is 0 Å². The van der Waals surface area contributed by atoms with Gasteiger partial charge in [-0.25, -0.2) is 9.50 Å². The Morgan fingerprint density at radius 1 is 1.33 bits per heavy atom. The van der Waals surface area contributed by atoms with Gasteiger partial charge in [0.1, 0.15) is 0 Å². The van der Waals surface area contributed by atoms with Gasteiger partial charge in [-0.1, -0.05) is 13.3 Å². The normalized spacial score (nSPS) is 27.8. The molecule has 3 aliphatic rings. The Hall–Kier alpha value is -2.45. The van der Waals surface area contributed by atoms with E-state index in [0.29, 0.717) is 29.9 Å². The first-order valence-corrected chi connectivity index (χ1v) is 12.4. The van der Waals surface area contributed by atoms with E-state index in [9.17, 15) is 0 Å². The molecule has 2 saturated carbocycles. The van der Waals surface area contributed by atoms with Crippen LogP contribution in [0.2, 0.25) is 0 Å². The molecule has 0 bridgehead atoms. The highest BCUT2D eigenvalue weighted by atomic mass is 16.5. The van der Waals surface area contributed by atoms with E-state index in [1.165, 1.54) is 37.8 Å². The molecule has 1 unspecified atom stereocenters. The Bertz CT molecular complexity index is 1150. The minimum Gasteiger partial charge on any atom is -0.383 e. The van der Waals surface area contributed by atoms with Crippen molar-refractivity contribution in [1.82, 2.24) is 24.4 Å². The van der Waals surface area contributed by atoms with Crippen LogP contribution >= 0.6 is 0 Å². The number of hydrogen-bond donors (Lipinski definition) is 1. The minimum absolute atomic E-state index is 0.139. The first-order chi connectivity index (χ1) is 16.1. The minimum atomic E-state index is 0.139. The van der Waals surface area contributed by atoms with E-state index in [4.69, 9.17) is 14.6 Å². The Morgan fingerprint density at radius 3 is 2.94 bits per heavy atom. The maximum absolute atomic E-state index is 5.35. The molecule has 8 nitrogen and oxygen atoms in total. The molecule has 8 heteroatoms. The second-order valence-electron chi connectivity index (χ2n) is 10.4. The topological polar surface area (TPSA) is 78.5 Å². The van der Waals surface area contributed by atoms with Gasteiger partial charge in [0.05, 0.1) is 43.8 Å². The number of nitrogens with zero attached hydrogens (tertiary/aromatic N) is 5. The van der Waals surface area contributed by atoms with Crippen molar-refractivity contribution in [2.24, 2.45) is 11.3 Å². The molecule has 3 fully saturated rings. The number of nitrogens with one attached hydrogen (secondary N) is 1. The van der Waals surface area contributed by atoms with Gasteiger partial charge in [0, 0.05) is 42.1 Å². The molecule has 0 amide bonds. The van der Waals surface area contributed by atoms with E-state index in [2.05, 4.69) is 46.0 Å². The van der Waals surface area contributed by atoms with Crippen molar-refractivity contribution in [3.63, 3.8) is 0 Å². The van der Waals surface area contributed by atoms with Crippen molar-refractivity contribution in [2.75, 3.05) is 32.2 Å². The van der Waals surface area contributed by atoms with Crippen LogP contribution in [-0.4, -0.2) is 57.4 Å². The molecule has 1 saturated heterocycles. The number of fused-ring (bicyclic) bond motifs is 2. The Morgan fingerprint density at radius 2 is 2.21 bits per heavy atom. The smallest absolute Gasteiger partial charge is 0.241 e. The fourth-order valence-electron chi connectivity index (χ4n) is 6.04. The lowest BCUT2D eigenvalue weighted by Crippen LogP contribution is -2.30. The van der Waals surface area contributed by atoms with E-state index in [1.807, 2.05) is 17.1 Å². The van der Waals surface area contributed by atoms with E-state index in [1.54, 1.807) is 7.11 Å². The summed E-state index contributed by atoms with van der Waals surface area (Å²) < 4.78 is 14.8. The molecular weight excluding hydrogens is 416 g/mol. The summed E-state index contributed by atoms with van der Waals surface area (Å²) in [6, 6.07) is 2.83. The summed E-state index contributed by atoms with van der Waals surface area (Å²) in [5.74, 6) is 2.05. The summed E-state index contributed by atoms with van der Waals surface area (Å²) in [5, 5.41) is 13.0. The first kappa shape index (κ1) is 21.1. The number of aromatic nitrogens is 5. The van der Waals surface area contributed by atoms with Crippen molar-refractivity contribution in [3.8, 4) is 11.1 Å². The molecule has 176 valence electrons. The molecule has 0 spiro atoms. The van der Waals surface area contributed by atoms with Crippen LogP contribution in [0.4, 0.5) is 5.95 Å². The summed E-state index contributed by atoms with van der Waals surface area (Å²) in [7, 11) is 1.71. The first-order valence-electron chi connectivity index (χ1n) is 12.4. The summed E-state index contributed by atoms with van der Waals surface area (Å²) in [6.45, 7) is 6.53. The fraction of sp³-hybridized carbons (Fsp3) is 0.640. The zero-order valence-electron chi connectivity index (χ0n) is 19.8. The highest BCUT2D eigenvalue weighted by molar-refractivity contribution is 5.81. The van der Waals surface area contributed by atoms with E-state index in [0.717, 1.165) is 35.8 Å². The second kappa shape index (κ2) is 8.09. The maximum atomic E-state index is 5.35. The molecule has 1 N–H and O–H groups in total. The number of rotatable bonds is 8. The number of methoxy groups -OCH3 is 1. The third-order valence-corrected chi connectivity index (χ3v) is 8.28. The molecule has 0 radical (unpaired) electrons. The Kier molecular flexibility index (Phi) is 5.18. The largest absolute Gasteiger partial charge is 0.383 e. The van der Waals surface area contributed by atoms with E-state index in [-0.39, 0.29) is 6.04 Å². The van der Waals surface area contributed by atoms with Gasteiger partial charge in [0.25, 0.3) is 0 Å². The zero-order valence-corrected chi connectivity index (χ0v) is 19.8. The average Bonchev–Trinajstić information content (AvgIpc) is 3.10. The van der Waals surface area contributed by atoms with Crippen molar-refractivity contribution in [2.45, 2.75) is 64.0 Å². The third-order valence-electron chi connectivity index (χ3n) is 8.28. The lowest BCUT2D eigenvalue weighted by molar-refractivity contribution is -0.0286. The van der Waals surface area contributed by atoms with Crippen molar-refractivity contribution in [1.29, 1.82) is 0 Å². The highest BCUT2D eigenvalue weighted by Gasteiger charge is 2.55. The van der Waals surface area contributed by atoms with E-state index < -0.39 is 0 Å². The van der Waals surface area contributed by atoms with Gasteiger partial charge in [0.15, 0.2) is 0 Å². The van der Waals surface area contributed by atoms with Gasteiger partial charge < -0.3 is 14.8 Å². The fourth-order valence-corrected chi connectivity index (χ4v) is 6.04. The summed E-state index contributed by atoms with van der Waals surface area (Å²) in [6.07, 6.45) is 12.6. The maximum Gasteiger partial charge on any atom is 0.241 e. The summed E-state index contributed by atoms with van der Waals surface area (Å²) in [5.41, 5.74) is 5.27. The quantitative estimate of drug-likeness (QED) is 0.551. The predicted molar refractivity (Wildman–Crippen MR) is 126 cm³/mol. The van der Waals surface area contributed by atoms with Gasteiger partial charge >= 0.3 is 0 Å². The third kappa shape index (κ3) is 3.64. The Labute approximate surface area is 194 Å². The van der Waals surface area contributed by atoms with Crippen LogP contribution in [-0.2, 0) is 9.47 Å². The number of hydrogen-bond acceptors (Lipinski definition) is 6. The average molecular weight is 451 g/mol. The van der Waals surface area contributed by atoms with Crippen molar-refractivity contribution in [3.05, 3.63) is 30.4 Å². The molecule has 3 aromatic rings. The molecule has 4 atom stereocenters. The molecule has 3 aromatic heterocycles. The van der Waals surface area contributed by atoms with Crippen LogP contribution in [0.15, 0.2) is 24.7 Å². The molecule has 0 aromatic carbocycles. The van der Waals surface area contributed by atoms with Crippen LogP contribution in [0.1, 0.15) is 63.6 Å². The number of anilines is 1. The second-order valence-corrected chi connectivity index (χ2v) is 10.4. The standard InChI is InChI=1S/C25H34N6O2/c1-4-25-6-5-17(7-19(25)9-25)22-8-21(18-10-27-30(12-18)20-14-33-15-20)23-11-26-24(29-31(22)23)28-16(2)13-32-3/h8,10-12,16-17,19-20H,4-7,9,13-15H2,1-3H3,(H,28,29)/t16-,17-,19?,25+/m0/s1. The summed E-state index contributed by atoms with van der Waals surface area (Å²) >= 11 is 0. The van der Waals surface area contributed by atoms with Crippen LogP contribution in [0, 0.1) is 11.3 Å². The summed E-state index contributed by atoms with van der Waals surface area (Å²) in [4.78, 5) is 4.64. The van der Waals surface area contributed by atoms with Gasteiger partial charge in [-0.05, 0) is 50.0 Å². The van der Waals surface area contributed by atoms with Gasteiger partial charge in [0.2, 0.25) is 5.95 Å². The lowest BCUT2D eigenvalue weighted by atomic mass is 9.79. The van der Waals surface area contributed by atoms with Crippen molar-refractivity contribution >= 4 is 11.5 Å². The van der Waals surface area contributed by atoms with Crippen LogP contribution < -0.4 is 5.32 Å². The molecular formula is C25H34N6O2. The van der Waals surface area contributed by atoms with Gasteiger partial charge in [-0.3, -0.25) is 4.68 Å². The van der Waals surface area contributed by atoms with Gasteiger partial charge in [-0.2, -0.15) is 5.10 Å². The molecule has 2 aliphatic carbocycles. The van der Waals surface area contributed by atoms with Crippen LogP contribution in [0.25, 0.3) is 16.6 Å². The van der Waals surface area contributed by atoms with Gasteiger partial charge in [-0.15, -0.1) is 5.10 Å². The van der Waals surface area contributed by atoms with Crippen LogP contribution in [0.5, 0.6) is 0 Å². The highest BCUT2D eigenvalue weighted by Crippen LogP contribution is 2.65. The molecule has 1 aliphatic heterocycles. The molecule has 6 rings (SSSR count). The number of ether oxygens (including phenoxy) is 2. The van der Waals surface area contributed by atoms with Crippen molar-refractivity contribution < 1.29 is 9.47 Å². The predicted octanol–water partition coefficient (Wildman–Crippen LogP) is 4.29. The van der Waals surface area contributed by atoms with Crippen LogP contribution in [0.3, 0.4) is 0 Å². The Balaban J connectivity index is 1.37. The lowest BCUT2D eigenvalue weighted by Gasteiger charge is -2.27. The molecule has 4 heterocycles. The SMILES string of the molecule is CC[C@]12CC[C@H](c3cc(-c4cnn(C5COC5)c4)c4cnc(N[C@@H](C)COC)nn34)CC1C2.